The van der Waals surface area contributed by atoms with Crippen molar-refractivity contribution in [3.63, 3.8) is 0 Å². The Morgan fingerprint density at radius 2 is 2.22 bits per heavy atom. The van der Waals surface area contributed by atoms with Gasteiger partial charge in [-0.25, -0.2) is 4.98 Å². The van der Waals surface area contributed by atoms with Crippen molar-refractivity contribution in [2.24, 2.45) is 5.92 Å². The molecule has 0 spiro atoms. The van der Waals surface area contributed by atoms with Crippen LogP contribution in [0, 0.1) is 5.92 Å². The maximum absolute atomic E-state index is 4.70. The van der Waals surface area contributed by atoms with Gasteiger partial charge in [-0.15, -0.1) is 11.3 Å². The van der Waals surface area contributed by atoms with Gasteiger partial charge in [0.2, 0.25) is 0 Å². The zero-order chi connectivity index (χ0) is 12.8. The molecule has 18 heavy (non-hydrogen) atoms. The highest BCUT2D eigenvalue weighted by molar-refractivity contribution is 7.09. The predicted octanol–water partition coefficient (Wildman–Crippen LogP) is 2.53. The molecule has 1 aliphatic rings. The van der Waals surface area contributed by atoms with Crippen LogP contribution < -0.4 is 5.32 Å². The molecule has 0 atom stereocenters. The summed E-state index contributed by atoms with van der Waals surface area (Å²) in [4.78, 5) is 7.13. The first-order valence-electron chi connectivity index (χ1n) is 7.10. The number of thiazole rings is 1. The number of rotatable bonds is 6. The number of nitrogens with zero attached hydrogens (tertiary/aromatic N) is 2. The summed E-state index contributed by atoms with van der Waals surface area (Å²) >= 11 is 1.81. The van der Waals surface area contributed by atoms with Gasteiger partial charge in [-0.1, -0.05) is 6.92 Å². The summed E-state index contributed by atoms with van der Waals surface area (Å²) in [5.74, 6) is 0.866. The Morgan fingerprint density at radius 1 is 1.44 bits per heavy atom. The van der Waals surface area contributed by atoms with Crippen molar-refractivity contribution >= 4 is 11.3 Å². The quantitative estimate of drug-likeness (QED) is 0.858. The first-order valence-corrected chi connectivity index (χ1v) is 7.98. The van der Waals surface area contributed by atoms with Crippen LogP contribution in [0.4, 0.5) is 0 Å². The average molecular weight is 267 g/mol. The predicted molar refractivity (Wildman–Crippen MR) is 78.0 cm³/mol. The highest BCUT2D eigenvalue weighted by Gasteiger charge is 2.15. The lowest BCUT2D eigenvalue weighted by atomic mass is 9.98. The molecule has 2 rings (SSSR count). The van der Waals surface area contributed by atoms with E-state index in [1.807, 2.05) is 11.3 Å². The summed E-state index contributed by atoms with van der Waals surface area (Å²) in [5.41, 5.74) is 1.25. The van der Waals surface area contributed by atoms with E-state index in [1.165, 1.54) is 49.6 Å². The molecule has 0 bridgehead atoms. The third kappa shape index (κ3) is 4.34. The van der Waals surface area contributed by atoms with E-state index >= 15 is 0 Å². The lowest BCUT2D eigenvalue weighted by Crippen LogP contribution is -2.34. The van der Waals surface area contributed by atoms with E-state index in [9.17, 15) is 0 Å². The monoisotopic (exact) mass is 267 g/mol. The maximum atomic E-state index is 4.70. The van der Waals surface area contributed by atoms with Crippen molar-refractivity contribution in [2.75, 3.05) is 26.7 Å². The van der Waals surface area contributed by atoms with Gasteiger partial charge in [-0.3, -0.25) is 0 Å². The fourth-order valence-electron chi connectivity index (χ4n) is 2.60. The largest absolute Gasteiger partial charge is 0.317 e. The molecule has 1 N–H and O–H groups in total. The Labute approximate surface area is 115 Å². The number of hydrogen-bond acceptors (Lipinski definition) is 4. The second-order valence-corrected chi connectivity index (χ2v) is 6.32. The molecule has 1 aromatic heterocycles. The number of aryl methyl sites for hydroxylation is 1. The van der Waals surface area contributed by atoms with Gasteiger partial charge >= 0.3 is 0 Å². The van der Waals surface area contributed by atoms with Crippen LogP contribution in [0.3, 0.4) is 0 Å². The summed E-state index contributed by atoms with van der Waals surface area (Å²) in [7, 11) is 2.22. The van der Waals surface area contributed by atoms with Crippen molar-refractivity contribution in [1.82, 2.24) is 15.2 Å². The first kappa shape index (κ1) is 14.0. The molecular formula is C14H25N3S. The summed E-state index contributed by atoms with van der Waals surface area (Å²) in [6, 6.07) is 0. The molecule has 2 heterocycles. The Bertz CT molecular complexity index is 345. The van der Waals surface area contributed by atoms with E-state index in [4.69, 9.17) is 4.98 Å². The average Bonchev–Trinajstić information content (AvgIpc) is 2.78. The molecule has 1 aliphatic heterocycles. The molecule has 0 unspecified atom stereocenters. The van der Waals surface area contributed by atoms with Gasteiger partial charge in [-0.2, -0.15) is 0 Å². The van der Waals surface area contributed by atoms with Gasteiger partial charge in [0.15, 0.2) is 0 Å². The van der Waals surface area contributed by atoms with Gasteiger partial charge in [-0.05, 0) is 51.7 Å². The molecule has 1 fully saturated rings. The topological polar surface area (TPSA) is 28.2 Å². The van der Waals surface area contributed by atoms with Gasteiger partial charge in [0.25, 0.3) is 0 Å². The second-order valence-electron chi connectivity index (χ2n) is 5.37. The smallest absolute Gasteiger partial charge is 0.0928 e. The van der Waals surface area contributed by atoms with Gasteiger partial charge in [0.1, 0.15) is 0 Å². The number of hydrogen-bond donors (Lipinski definition) is 1. The third-order valence-corrected chi connectivity index (χ3v) is 4.48. The highest BCUT2D eigenvalue weighted by atomic mass is 32.1. The third-order valence-electron chi connectivity index (χ3n) is 3.52. The van der Waals surface area contributed by atoms with Crippen LogP contribution in [0.5, 0.6) is 0 Å². The van der Waals surface area contributed by atoms with E-state index < -0.39 is 0 Å². The van der Waals surface area contributed by atoms with Crippen LogP contribution in [0.2, 0.25) is 0 Å². The van der Waals surface area contributed by atoms with Gasteiger partial charge < -0.3 is 10.2 Å². The van der Waals surface area contributed by atoms with E-state index in [0.29, 0.717) is 0 Å². The Balaban J connectivity index is 1.76. The molecule has 3 nitrogen and oxygen atoms in total. The van der Waals surface area contributed by atoms with Crippen LogP contribution in [0.1, 0.15) is 36.9 Å². The SMILES string of the molecule is CCCc1nc(CN(C)CC2CCNCC2)cs1. The minimum Gasteiger partial charge on any atom is -0.317 e. The minimum absolute atomic E-state index is 0.866. The number of aromatic nitrogens is 1. The lowest BCUT2D eigenvalue weighted by molar-refractivity contribution is 0.233. The zero-order valence-electron chi connectivity index (χ0n) is 11.6. The van der Waals surface area contributed by atoms with Gasteiger partial charge in [0, 0.05) is 18.5 Å². The molecule has 4 heteroatoms. The van der Waals surface area contributed by atoms with E-state index in [2.05, 4.69) is 29.6 Å². The normalized spacial score (nSPS) is 17.5. The van der Waals surface area contributed by atoms with Crippen LogP contribution in [0.15, 0.2) is 5.38 Å². The van der Waals surface area contributed by atoms with Crippen molar-refractivity contribution in [3.8, 4) is 0 Å². The summed E-state index contributed by atoms with van der Waals surface area (Å²) in [5, 5.41) is 6.95. The molecular weight excluding hydrogens is 242 g/mol. The molecule has 102 valence electrons. The molecule has 0 amide bonds. The van der Waals surface area contributed by atoms with Crippen LogP contribution in [0.25, 0.3) is 0 Å². The number of nitrogens with one attached hydrogen (secondary N) is 1. The van der Waals surface area contributed by atoms with E-state index in [0.717, 1.165) is 18.9 Å². The van der Waals surface area contributed by atoms with Crippen LogP contribution in [-0.4, -0.2) is 36.6 Å². The summed E-state index contributed by atoms with van der Waals surface area (Å²) < 4.78 is 0. The highest BCUT2D eigenvalue weighted by Crippen LogP contribution is 2.16. The maximum Gasteiger partial charge on any atom is 0.0928 e. The molecule has 0 aromatic carbocycles. The Kier molecular flexibility index (Phi) is 5.60. The van der Waals surface area contributed by atoms with Crippen molar-refractivity contribution in [1.29, 1.82) is 0 Å². The fourth-order valence-corrected chi connectivity index (χ4v) is 3.49. The summed E-state index contributed by atoms with van der Waals surface area (Å²) in [6.45, 7) is 6.81. The Hall–Kier alpha value is -0.450. The van der Waals surface area contributed by atoms with Crippen LogP contribution in [-0.2, 0) is 13.0 Å². The molecule has 1 saturated heterocycles. The lowest BCUT2D eigenvalue weighted by Gasteiger charge is -2.27. The van der Waals surface area contributed by atoms with Crippen molar-refractivity contribution in [3.05, 3.63) is 16.1 Å². The van der Waals surface area contributed by atoms with Crippen molar-refractivity contribution < 1.29 is 0 Å². The summed E-state index contributed by atoms with van der Waals surface area (Å²) in [6.07, 6.45) is 4.96. The van der Waals surface area contributed by atoms with Crippen LogP contribution >= 0.6 is 11.3 Å². The van der Waals surface area contributed by atoms with Crippen molar-refractivity contribution in [2.45, 2.75) is 39.2 Å². The fraction of sp³-hybridized carbons (Fsp3) is 0.786. The van der Waals surface area contributed by atoms with Gasteiger partial charge in [0.05, 0.1) is 10.7 Å². The number of piperidine rings is 1. The Morgan fingerprint density at radius 3 is 2.94 bits per heavy atom. The van der Waals surface area contributed by atoms with E-state index in [1.54, 1.807) is 0 Å². The minimum atomic E-state index is 0.866. The van der Waals surface area contributed by atoms with E-state index in [-0.39, 0.29) is 0 Å². The molecule has 0 saturated carbocycles. The molecule has 0 radical (unpaired) electrons. The standard InChI is InChI=1S/C14H25N3S/c1-3-4-14-16-13(11-18-14)10-17(2)9-12-5-7-15-8-6-12/h11-12,15H,3-10H2,1-2H3. The molecule has 0 aliphatic carbocycles. The molecule has 1 aromatic rings. The zero-order valence-corrected chi connectivity index (χ0v) is 12.4. The second kappa shape index (κ2) is 7.22. The first-order chi connectivity index (χ1) is 8.78.